The molecule has 0 nitrogen and oxygen atoms in total. The van der Waals surface area contributed by atoms with Crippen molar-refractivity contribution in [3.63, 3.8) is 0 Å². The highest BCUT2D eigenvalue weighted by Gasteiger charge is 1.85. The minimum Gasteiger partial charge on any atom is -0.165 e. The molecule has 0 saturated heterocycles. The molecule has 2 heteroatoms. The summed E-state index contributed by atoms with van der Waals surface area (Å²) < 4.78 is 0. The second-order valence-corrected chi connectivity index (χ2v) is 4.13. The summed E-state index contributed by atoms with van der Waals surface area (Å²) >= 11 is 3.95. The molecule has 0 aromatic heterocycles. The largest absolute Gasteiger partial charge is 0.165 e. The van der Waals surface area contributed by atoms with Crippen molar-refractivity contribution in [1.82, 2.24) is 0 Å². The van der Waals surface area contributed by atoms with Crippen LogP contribution < -0.4 is 0 Å². The molecule has 0 N–H and O–H groups in total. The van der Waals surface area contributed by atoms with Gasteiger partial charge in [0.2, 0.25) is 0 Å². The van der Waals surface area contributed by atoms with Gasteiger partial charge in [0.25, 0.3) is 0 Å². The van der Waals surface area contributed by atoms with Crippen LogP contribution in [0.4, 0.5) is 0 Å². The molecule has 0 fully saturated rings. The fraction of sp³-hybridized carbons (Fsp3) is 0.750. The fourth-order valence-electron chi connectivity index (χ4n) is 0.553. The predicted octanol–water partition coefficient (Wildman–Crippen LogP) is 3.05. The van der Waals surface area contributed by atoms with Crippen molar-refractivity contribution in [2.24, 2.45) is 0 Å². The van der Waals surface area contributed by atoms with Gasteiger partial charge in [-0.05, 0) is 31.1 Å². The Bertz CT molecular complexity index is 79.3. The van der Waals surface area contributed by atoms with Crippen molar-refractivity contribution >= 4 is 23.5 Å². The molecular weight excluding hydrogens is 160 g/mol. The van der Waals surface area contributed by atoms with E-state index in [1.54, 1.807) is 0 Å². The maximum atomic E-state index is 2.21. The molecule has 0 unspecified atom stereocenters. The Hall–Kier alpha value is 0.440. The summed E-state index contributed by atoms with van der Waals surface area (Å²) in [5.74, 6) is 3.80. The van der Waals surface area contributed by atoms with Gasteiger partial charge in [-0.3, -0.25) is 0 Å². The van der Waals surface area contributed by atoms with Crippen molar-refractivity contribution < 1.29 is 0 Å². The molecule has 60 valence electrons. The summed E-state index contributed by atoms with van der Waals surface area (Å²) in [5, 5.41) is 0. The van der Waals surface area contributed by atoms with E-state index in [9.17, 15) is 0 Å². The number of allylic oxidation sites excluding steroid dienone is 1. The molecule has 0 rings (SSSR count). The van der Waals surface area contributed by atoms with Gasteiger partial charge in [-0.15, -0.1) is 0 Å². The van der Waals surface area contributed by atoms with E-state index in [0.29, 0.717) is 0 Å². The summed E-state index contributed by atoms with van der Waals surface area (Å²) in [4.78, 5) is 0. The monoisotopic (exact) mass is 176 g/mol. The van der Waals surface area contributed by atoms with E-state index in [4.69, 9.17) is 0 Å². The van der Waals surface area contributed by atoms with E-state index in [0.717, 1.165) is 0 Å². The quantitative estimate of drug-likeness (QED) is 0.451. The summed E-state index contributed by atoms with van der Waals surface area (Å²) in [6, 6.07) is 0. The molecule has 0 aliphatic rings. The van der Waals surface area contributed by atoms with Crippen LogP contribution in [0, 0.1) is 0 Å². The maximum Gasteiger partial charge on any atom is 0.0113 e. The minimum absolute atomic E-state index is 1.19. The number of thioether (sulfide) groups is 2. The van der Waals surface area contributed by atoms with Crippen molar-refractivity contribution in [2.45, 2.75) is 13.3 Å². The van der Waals surface area contributed by atoms with Gasteiger partial charge in [0.05, 0.1) is 0 Å². The Kier molecular flexibility index (Phi) is 9.86. The lowest BCUT2D eigenvalue weighted by Gasteiger charge is -1.95. The number of rotatable bonds is 6. The van der Waals surface area contributed by atoms with E-state index in [1.807, 2.05) is 23.5 Å². The van der Waals surface area contributed by atoms with Crippen LogP contribution in [0.15, 0.2) is 12.2 Å². The molecule has 0 heterocycles. The van der Waals surface area contributed by atoms with Gasteiger partial charge >= 0.3 is 0 Å². The third kappa shape index (κ3) is 8.44. The van der Waals surface area contributed by atoms with Crippen LogP contribution in [0.3, 0.4) is 0 Å². The number of hydrogen-bond acceptors (Lipinski definition) is 2. The second-order valence-electron chi connectivity index (χ2n) is 1.99. The van der Waals surface area contributed by atoms with Gasteiger partial charge in [-0.1, -0.05) is 12.2 Å². The molecule has 0 aromatic carbocycles. The first-order valence-electron chi connectivity index (χ1n) is 3.59. The van der Waals surface area contributed by atoms with E-state index < -0.39 is 0 Å². The SMILES string of the molecule is C/C=C/CSCCCSC. The molecule has 10 heavy (non-hydrogen) atoms. The molecule has 0 aromatic rings. The Morgan fingerprint density at radius 2 is 2.10 bits per heavy atom. The standard InChI is InChI=1S/C8H16S2/c1-3-4-7-10-8-5-6-9-2/h3-4H,5-8H2,1-2H3/b4-3+. The van der Waals surface area contributed by atoms with Crippen LogP contribution in [-0.2, 0) is 0 Å². The van der Waals surface area contributed by atoms with Gasteiger partial charge in [-0.2, -0.15) is 23.5 Å². The molecule has 0 aliphatic heterocycles. The Labute approximate surface area is 72.9 Å². The topological polar surface area (TPSA) is 0 Å². The highest BCUT2D eigenvalue weighted by Crippen LogP contribution is 2.05. The zero-order chi connectivity index (χ0) is 7.66. The van der Waals surface area contributed by atoms with Crippen molar-refractivity contribution in [1.29, 1.82) is 0 Å². The highest BCUT2D eigenvalue weighted by molar-refractivity contribution is 7.99. The van der Waals surface area contributed by atoms with Gasteiger partial charge in [0.15, 0.2) is 0 Å². The van der Waals surface area contributed by atoms with Gasteiger partial charge in [-0.25, -0.2) is 0 Å². The van der Waals surface area contributed by atoms with Gasteiger partial charge in [0, 0.05) is 5.75 Å². The highest BCUT2D eigenvalue weighted by atomic mass is 32.2. The van der Waals surface area contributed by atoms with Crippen LogP contribution in [0.2, 0.25) is 0 Å². The normalized spacial score (nSPS) is 11.0. The zero-order valence-electron chi connectivity index (χ0n) is 6.80. The van der Waals surface area contributed by atoms with Crippen LogP contribution in [-0.4, -0.2) is 23.5 Å². The second kappa shape index (κ2) is 9.44. The predicted molar refractivity (Wildman–Crippen MR) is 55.1 cm³/mol. The number of hydrogen-bond donors (Lipinski definition) is 0. The average Bonchev–Trinajstić information content (AvgIpc) is 1.97. The third-order valence-corrected chi connectivity index (χ3v) is 2.79. The third-order valence-electron chi connectivity index (χ3n) is 1.09. The zero-order valence-corrected chi connectivity index (χ0v) is 8.43. The van der Waals surface area contributed by atoms with Crippen molar-refractivity contribution in [3.8, 4) is 0 Å². The van der Waals surface area contributed by atoms with Crippen LogP contribution in [0.5, 0.6) is 0 Å². The van der Waals surface area contributed by atoms with E-state index in [-0.39, 0.29) is 0 Å². The summed E-state index contributed by atoms with van der Waals surface area (Å²) in [6.07, 6.45) is 7.84. The van der Waals surface area contributed by atoms with E-state index in [1.165, 1.54) is 23.7 Å². The van der Waals surface area contributed by atoms with E-state index in [2.05, 4.69) is 25.3 Å². The molecule has 0 aliphatic carbocycles. The van der Waals surface area contributed by atoms with Crippen LogP contribution in [0.1, 0.15) is 13.3 Å². The van der Waals surface area contributed by atoms with Crippen LogP contribution in [0.25, 0.3) is 0 Å². The molecule has 0 atom stereocenters. The first-order chi connectivity index (χ1) is 4.91. The lowest BCUT2D eigenvalue weighted by molar-refractivity contribution is 1.13. The average molecular weight is 176 g/mol. The van der Waals surface area contributed by atoms with Crippen LogP contribution >= 0.6 is 23.5 Å². The van der Waals surface area contributed by atoms with Gasteiger partial charge in [0.1, 0.15) is 0 Å². The van der Waals surface area contributed by atoms with Gasteiger partial charge < -0.3 is 0 Å². The summed E-state index contributed by atoms with van der Waals surface area (Å²) in [5.41, 5.74) is 0. The molecule has 0 bridgehead atoms. The smallest absolute Gasteiger partial charge is 0.0113 e. The fourth-order valence-corrected chi connectivity index (χ4v) is 2.01. The summed E-state index contributed by atoms with van der Waals surface area (Å²) in [7, 11) is 0. The summed E-state index contributed by atoms with van der Waals surface area (Å²) in [6.45, 7) is 2.07. The lowest BCUT2D eigenvalue weighted by atomic mass is 10.6. The minimum atomic E-state index is 1.19. The molecule has 0 amide bonds. The lowest BCUT2D eigenvalue weighted by Crippen LogP contribution is -1.83. The molecule has 0 saturated carbocycles. The molecule has 0 spiro atoms. The van der Waals surface area contributed by atoms with Crippen molar-refractivity contribution in [3.05, 3.63) is 12.2 Å². The van der Waals surface area contributed by atoms with Crippen molar-refractivity contribution in [2.75, 3.05) is 23.5 Å². The first kappa shape index (κ1) is 10.4. The Morgan fingerprint density at radius 3 is 2.70 bits per heavy atom. The molecular formula is C8H16S2. The Balaban J connectivity index is 2.77. The first-order valence-corrected chi connectivity index (χ1v) is 6.14. The maximum absolute atomic E-state index is 2.21. The molecule has 0 radical (unpaired) electrons. The van der Waals surface area contributed by atoms with E-state index >= 15 is 0 Å². The Morgan fingerprint density at radius 1 is 1.30 bits per heavy atom.